The molecule has 0 saturated carbocycles. The number of carbonyl (C=O) groups is 1. The fourth-order valence-electron chi connectivity index (χ4n) is 2.90. The number of rotatable bonds is 7. The Kier molecular flexibility index (Phi) is 6.97. The minimum atomic E-state index is -0.605. The lowest BCUT2D eigenvalue weighted by atomic mass is 10.2. The van der Waals surface area contributed by atoms with Gasteiger partial charge < -0.3 is 15.7 Å². The number of nitrogens with zero attached hydrogens (tertiary/aromatic N) is 2. The van der Waals surface area contributed by atoms with Crippen LogP contribution in [0, 0.1) is 17.1 Å². The quantitative estimate of drug-likeness (QED) is 0.666. The Hall–Kier alpha value is -2.17. The molecular weight excluding hydrogens is 311 g/mol. The van der Waals surface area contributed by atoms with Crippen LogP contribution in [0.25, 0.3) is 0 Å². The molecule has 0 spiro atoms. The minimum Gasteiger partial charge on any atom is -0.395 e. The van der Waals surface area contributed by atoms with Crippen LogP contribution in [0.2, 0.25) is 0 Å². The van der Waals surface area contributed by atoms with E-state index in [4.69, 9.17) is 5.26 Å². The van der Waals surface area contributed by atoms with Crippen LogP contribution >= 0.6 is 0 Å². The fraction of sp³-hybridized carbons (Fsp3) is 0.529. The maximum absolute atomic E-state index is 13.2. The number of halogens is 1. The van der Waals surface area contributed by atoms with Gasteiger partial charge in [-0.05, 0) is 57.0 Å². The molecule has 1 saturated heterocycles. The molecule has 1 aliphatic heterocycles. The summed E-state index contributed by atoms with van der Waals surface area (Å²) >= 11 is 0. The van der Waals surface area contributed by atoms with Crippen LogP contribution in [0.5, 0.6) is 0 Å². The second kappa shape index (κ2) is 9.21. The average molecular weight is 334 g/mol. The second-order valence-corrected chi connectivity index (χ2v) is 5.91. The third-order valence-electron chi connectivity index (χ3n) is 4.21. The molecule has 2 amide bonds. The smallest absolute Gasteiger partial charge is 0.319 e. The van der Waals surface area contributed by atoms with Gasteiger partial charge in [0.2, 0.25) is 0 Å². The third-order valence-corrected chi connectivity index (χ3v) is 4.21. The number of amides is 2. The van der Waals surface area contributed by atoms with Crippen LogP contribution in [0.4, 0.5) is 14.9 Å². The van der Waals surface area contributed by atoms with Crippen molar-refractivity contribution in [1.29, 1.82) is 5.26 Å². The summed E-state index contributed by atoms with van der Waals surface area (Å²) in [6.07, 6.45) is 3.98. The molecule has 1 heterocycles. The second-order valence-electron chi connectivity index (χ2n) is 5.91. The summed E-state index contributed by atoms with van der Waals surface area (Å²) < 4.78 is 13.2. The van der Waals surface area contributed by atoms with Crippen LogP contribution < -0.4 is 10.6 Å². The van der Waals surface area contributed by atoms with Crippen molar-refractivity contribution in [2.45, 2.75) is 31.7 Å². The van der Waals surface area contributed by atoms with Gasteiger partial charge in [-0.1, -0.05) is 0 Å². The summed E-state index contributed by atoms with van der Waals surface area (Å²) in [4.78, 5) is 14.1. The van der Waals surface area contributed by atoms with Gasteiger partial charge in [0.1, 0.15) is 11.9 Å². The zero-order chi connectivity index (χ0) is 17.4. The molecule has 1 atom stereocenters. The Morgan fingerprint density at radius 1 is 1.46 bits per heavy atom. The molecule has 1 aromatic rings. The van der Waals surface area contributed by atoms with Crippen molar-refractivity contribution in [2.24, 2.45) is 0 Å². The van der Waals surface area contributed by atoms with Gasteiger partial charge in [0.05, 0.1) is 12.2 Å². The molecule has 2 rings (SSSR count). The van der Waals surface area contributed by atoms with Gasteiger partial charge in [-0.15, -0.1) is 0 Å². The summed E-state index contributed by atoms with van der Waals surface area (Å²) in [5, 5.41) is 23.3. The number of hydrogen-bond donors (Lipinski definition) is 3. The van der Waals surface area contributed by atoms with Gasteiger partial charge in [0.15, 0.2) is 0 Å². The van der Waals surface area contributed by atoms with Gasteiger partial charge in [-0.25, -0.2) is 9.18 Å². The maximum atomic E-state index is 13.2. The molecule has 0 aliphatic carbocycles. The molecule has 24 heavy (non-hydrogen) atoms. The Morgan fingerprint density at radius 2 is 2.29 bits per heavy atom. The third kappa shape index (κ3) is 5.18. The topological polar surface area (TPSA) is 88.4 Å². The summed E-state index contributed by atoms with van der Waals surface area (Å²) in [5.74, 6) is -0.605. The molecule has 1 aliphatic rings. The van der Waals surface area contributed by atoms with Gasteiger partial charge in [0.25, 0.3) is 0 Å². The van der Waals surface area contributed by atoms with Crippen molar-refractivity contribution in [3.63, 3.8) is 0 Å². The van der Waals surface area contributed by atoms with Crippen LogP contribution in [0.1, 0.15) is 31.2 Å². The highest BCUT2D eigenvalue weighted by Gasteiger charge is 2.22. The monoisotopic (exact) mass is 334 g/mol. The largest absolute Gasteiger partial charge is 0.395 e. The zero-order valence-electron chi connectivity index (χ0n) is 13.6. The van der Waals surface area contributed by atoms with E-state index in [1.807, 2.05) is 0 Å². The molecule has 0 bridgehead atoms. The van der Waals surface area contributed by atoms with Gasteiger partial charge in [-0.3, -0.25) is 4.90 Å². The SMILES string of the molecule is N#Cc1cc(NC(=O)NCCCCN2CCCC2CO)ccc1F. The lowest BCUT2D eigenvalue weighted by Crippen LogP contribution is -2.34. The van der Waals surface area contributed by atoms with Gasteiger partial charge in [-0.2, -0.15) is 5.26 Å². The number of anilines is 1. The number of unbranched alkanes of at least 4 members (excludes halogenated alkanes) is 1. The Bertz CT molecular complexity index is 603. The molecule has 1 aromatic carbocycles. The van der Waals surface area contributed by atoms with Crippen molar-refractivity contribution in [1.82, 2.24) is 10.2 Å². The number of urea groups is 1. The number of aliphatic hydroxyl groups is 1. The van der Waals surface area contributed by atoms with Crippen LogP contribution in [0.15, 0.2) is 18.2 Å². The molecule has 0 aromatic heterocycles. The van der Waals surface area contributed by atoms with E-state index in [1.54, 1.807) is 6.07 Å². The lowest BCUT2D eigenvalue weighted by molar-refractivity contribution is 0.157. The summed E-state index contributed by atoms with van der Waals surface area (Å²) in [5.41, 5.74) is 0.283. The average Bonchev–Trinajstić information content (AvgIpc) is 3.03. The zero-order valence-corrected chi connectivity index (χ0v) is 13.6. The van der Waals surface area contributed by atoms with E-state index in [2.05, 4.69) is 15.5 Å². The number of nitrogens with one attached hydrogen (secondary N) is 2. The number of hydrogen-bond acceptors (Lipinski definition) is 4. The molecule has 3 N–H and O–H groups in total. The Balaban J connectivity index is 1.64. The van der Waals surface area contributed by atoms with E-state index in [-0.39, 0.29) is 24.2 Å². The van der Waals surface area contributed by atoms with E-state index in [9.17, 15) is 14.3 Å². The highest BCUT2D eigenvalue weighted by Crippen LogP contribution is 2.17. The molecule has 1 unspecified atom stereocenters. The Labute approximate surface area is 141 Å². The predicted octanol–water partition coefficient (Wildman–Crippen LogP) is 2.06. The first-order chi connectivity index (χ1) is 11.6. The molecular formula is C17H23FN4O2. The van der Waals surface area contributed by atoms with Crippen molar-refractivity contribution in [3.8, 4) is 6.07 Å². The molecule has 7 heteroatoms. The summed E-state index contributed by atoms with van der Waals surface area (Å²) in [6.45, 7) is 2.71. The summed E-state index contributed by atoms with van der Waals surface area (Å²) in [6, 6.07) is 5.52. The van der Waals surface area contributed by atoms with Crippen molar-refractivity contribution in [2.75, 3.05) is 31.6 Å². The molecule has 0 radical (unpaired) electrons. The number of carbonyl (C=O) groups excluding carboxylic acids is 1. The van der Waals surface area contributed by atoms with E-state index in [0.29, 0.717) is 12.2 Å². The molecule has 130 valence electrons. The van der Waals surface area contributed by atoms with E-state index in [1.165, 1.54) is 12.1 Å². The van der Waals surface area contributed by atoms with Crippen molar-refractivity contribution >= 4 is 11.7 Å². The Morgan fingerprint density at radius 3 is 3.04 bits per heavy atom. The van der Waals surface area contributed by atoms with E-state index in [0.717, 1.165) is 44.8 Å². The highest BCUT2D eigenvalue weighted by atomic mass is 19.1. The first-order valence-corrected chi connectivity index (χ1v) is 8.23. The fourth-order valence-corrected chi connectivity index (χ4v) is 2.90. The standard InChI is InChI=1S/C17H23FN4O2/c18-16-6-5-14(10-13(16)11-19)21-17(24)20-7-1-2-8-22-9-3-4-15(22)12-23/h5-6,10,15,23H,1-4,7-9,12H2,(H2,20,21,24). The van der Waals surface area contributed by atoms with Crippen LogP contribution in [-0.2, 0) is 0 Å². The normalized spacial score (nSPS) is 17.5. The van der Waals surface area contributed by atoms with Gasteiger partial charge >= 0.3 is 6.03 Å². The maximum Gasteiger partial charge on any atom is 0.319 e. The first-order valence-electron chi connectivity index (χ1n) is 8.23. The van der Waals surface area contributed by atoms with Crippen LogP contribution in [-0.4, -0.2) is 48.3 Å². The molecule has 1 fully saturated rings. The van der Waals surface area contributed by atoms with Crippen molar-refractivity contribution < 1.29 is 14.3 Å². The predicted molar refractivity (Wildman–Crippen MR) is 89.1 cm³/mol. The number of benzene rings is 1. The minimum absolute atomic E-state index is 0.100. The van der Waals surface area contributed by atoms with Crippen LogP contribution in [0.3, 0.4) is 0 Å². The molecule has 6 nitrogen and oxygen atoms in total. The highest BCUT2D eigenvalue weighted by molar-refractivity contribution is 5.89. The number of likely N-dealkylation sites (tertiary alicyclic amines) is 1. The van der Waals surface area contributed by atoms with E-state index < -0.39 is 5.82 Å². The number of nitriles is 1. The first kappa shape index (κ1) is 18.2. The summed E-state index contributed by atoms with van der Waals surface area (Å²) in [7, 11) is 0. The number of aliphatic hydroxyl groups excluding tert-OH is 1. The van der Waals surface area contributed by atoms with E-state index >= 15 is 0 Å². The van der Waals surface area contributed by atoms with Gasteiger partial charge in [0, 0.05) is 18.3 Å². The lowest BCUT2D eigenvalue weighted by Gasteiger charge is -2.22. The van der Waals surface area contributed by atoms with Crippen molar-refractivity contribution in [3.05, 3.63) is 29.6 Å².